The lowest BCUT2D eigenvalue weighted by Gasteiger charge is -2.14. The first-order chi connectivity index (χ1) is 8.11. The van der Waals surface area contributed by atoms with Gasteiger partial charge in [0.15, 0.2) is 5.75 Å². The average molecular weight is 266 g/mol. The van der Waals surface area contributed by atoms with Crippen LogP contribution >= 0.6 is 0 Å². The summed E-state index contributed by atoms with van der Waals surface area (Å²) in [6.45, 7) is 0. The molecule has 0 amide bonds. The van der Waals surface area contributed by atoms with Crippen molar-refractivity contribution in [2.75, 3.05) is 0 Å². The van der Waals surface area contributed by atoms with E-state index in [1.807, 2.05) is 0 Å². The zero-order valence-electron chi connectivity index (χ0n) is 8.81. The molecule has 0 unspecified atom stereocenters. The molecule has 0 aliphatic carbocycles. The lowest BCUT2D eigenvalue weighted by Crippen LogP contribution is -2.20. The van der Waals surface area contributed by atoms with Gasteiger partial charge >= 0.3 is 11.9 Å². The summed E-state index contributed by atoms with van der Waals surface area (Å²) in [6, 6.07) is -0.0975. The van der Waals surface area contributed by atoms with Gasteiger partial charge in [0.25, 0.3) is 0 Å². The van der Waals surface area contributed by atoms with Gasteiger partial charge in [-0.05, 0) is 11.6 Å². The minimum atomic E-state index is -4.54. The van der Waals surface area contributed by atoms with Gasteiger partial charge in [0.1, 0.15) is 0 Å². The number of halogens is 3. The molecule has 0 bridgehead atoms. The number of hydrogen-bond donors (Lipinski definition) is 3. The number of phenolic OH excluding ortho intramolecular Hbond substituents is 2. The number of rotatable bonds is 3. The van der Waals surface area contributed by atoms with E-state index in [0.29, 0.717) is 6.07 Å². The van der Waals surface area contributed by atoms with E-state index in [2.05, 4.69) is 0 Å². The predicted molar refractivity (Wildman–Crippen MR) is 54.0 cm³/mol. The first-order valence-corrected chi connectivity index (χ1v) is 4.64. The van der Waals surface area contributed by atoms with E-state index in [9.17, 15) is 28.4 Å². The van der Waals surface area contributed by atoms with Crippen LogP contribution in [0.25, 0.3) is 0 Å². The Hall–Kier alpha value is -2.03. The van der Waals surface area contributed by atoms with Crippen molar-refractivity contribution >= 4 is 5.69 Å². The summed E-state index contributed by atoms with van der Waals surface area (Å²) in [4.78, 5) is 9.48. The fourth-order valence-corrected chi connectivity index (χ4v) is 1.35. The highest BCUT2D eigenvalue weighted by Crippen LogP contribution is 2.39. The fraction of sp³-hybridized carbons (Fsp3) is 0.333. The van der Waals surface area contributed by atoms with Crippen molar-refractivity contribution in [1.29, 1.82) is 0 Å². The van der Waals surface area contributed by atoms with Crippen molar-refractivity contribution in [3.8, 4) is 11.5 Å². The van der Waals surface area contributed by atoms with Crippen molar-refractivity contribution in [3.63, 3.8) is 0 Å². The molecule has 0 aliphatic heterocycles. The molecule has 100 valence electrons. The molecule has 0 saturated heterocycles. The summed E-state index contributed by atoms with van der Waals surface area (Å²) >= 11 is 0. The molecule has 1 aromatic carbocycles. The second kappa shape index (κ2) is 4.69. The number of benzene rings is 1. The second-order valence-corrected chi connectivity index (χ2v) is 3.59. The monoisotopic (exact) mass is 266 g/mol. The number of nitrogens with zero attached hydrogens (tertiary/aromatic N) is 1. The summed E-state index contributed by atoms with van der Waals surface area (Å²) in [5, 5.41) is 28.8. The van der Waals surface area contributed by atoms with Gasteiger partial charge in [-0.25, -0.2) is 0 Å². The second-order valence-electron chi connectivity index (χ2n) is 3.59. The molecule has 1 aromatic rings. The van der Waals surface area contributed by atoms with Gasteiger partial charge < -0.3 is 15.9 Å². The van der Waals surface area contributed by atoms with Crippen molar-refractivity contribution in [2.45, 2.75) is 18.6 Å². The third kappa shape index (κ3) is 3.23. The molecule has 0 heterocycles. The lowest BCUT2D eigenvalue weighted by atomic mass is 10.0. The topological polar surface area (TPSA) is 110 Å². The van der Waals surface area contributed by atoms with Crippen LogP contribution in [-0.2, 0) is 0 Å². The van der Waals surface area contributed by atoms with Gasteiger partial charge in [-0.2, -0.15) is 13.2 Å². The van der Waals surface area contributed by atoms with Crippen LogP contribution in [-0.4, -0.2) is 21.3 Å². The number of aromatic hydroxyl groups is 2. The Morgan fingerprint density at radius 2 is 1.94 bits per heavy atom. The van der Waals surface area contributed by atoms with Gasteiger partial charge in [0.05, 0.1) is 11.3 Å². The average Bonchev–Trinajstić information content (AvgIpc) is 2.18. The van der Waals surface area contributed by atoms with Crippen molar-refractivity contribution < 1.29 is 28.3 Å². The van der Waals surface area contributed by atoms with E-state index in [1.165, 1.54) is 0 Å². The molecule has 0 saturated carbocycles. The molecule has 9 heteroatoms. The van der Waals surface area contributed by atoms with Gasteiger partial charge in [0.2, 0.25) is 5.75 Å². The summed E-state index contributed by atoms with van der Waals surface area (Å²) in [7, 11) is 0. The first-order valence-electron chi connectivity index (χ1n) is 4.64. The molecule has 0 aliphatic rings. The van der Waals surface area contributed by atoms with Crippen LogP contribution in [0.1, 0.15) is 18.0 Å². The van der Waals surface area contributed by atoms with E-state index in [1.54, 1.807) is 0 Å². The van der Waals surface area contributed by atoms with Gasteiger partial charge in [-0.1, -0.05) is 0 Å². The molecule has 1 rings (SSSR count). The van der Waals surface area contributed by atoms with Crippen LogP contribution in [0.2, 0.25) is 0 Å². The molecule has 4 N–H and O–H groups in total. The fourth-order valence-electron chi connectivity index (χ4n) is 1.35. The zero-order valence-corrected chi connectivity index (χ0v) is 8.81. The van der Waals surface area contributed by atoms with E-state index in [0.717, 1.165) is 6.07 Å². The van der Waals surface area contributed by atoms with Crippen molar-refractivity contribution in [1.82, 2.24) is 0 Å². The first kappa shape index (κ1) is 14.0. The van der Waals surface area contributed by atoms with E-state index in [4.69, 9.17) is 10.8 Å². The third-order valence-electron chi connectivity index (χ3n) is 2.17. The Morgan fingerprint density at radius 3 is 2.39 bits per heavy atom. The van der Waals surface area contributed by atoms with Crippen LogP contribution < -0.4 is 5.73 Å². The molecule has 0 radical (unpaired) electrons. The normalized spacial score (nSPS) is 13.3. The number of alkyl halides is 3. The summed E-state index contributed by atoms with van der Waals surface area (Å²) in [5.74, 6) is -1.90. The highest BCUT2D eigenvalue weighted by molar-refractivity contribution is 5.56. The van der Waals surface area contributed by atoms with E-state index < -0.39 is 40.7 Å². The molecular formula is C9H9F3N2O4. The van der Waals surface area contributed by atoms with Crippen molar-refractivity contribution in [3.05, 3.63) is 27.8 Å². The van der Waals surface area contributed by atoms with Gasteiger partial charge in [-0.15, -0.1) is 0 Å². The zero-order chi connectivity index (χ0) is 14.1. The molecular weight excluding hydrogens is 257 g/mol. The van der Waals surface area contributed by atoms with Crippen LogP contribution in [0.4, 0.5) is 18.9 Å². The van der Waals surface area contributed by atoms with Crippen molar-refractivity contribution in [2.24, 2.45) is 5.73 Å². The van der Waals surface area contributed by atoms with Crippen LogP contribution in [0, 0.1) is 10.1 Å². The number of phenols is 2. The summed E-state index contributed by atoms with van der Waals surface area (Å²) in [5.41, 5.74) is 4.05. The third-order valence-corrected chi connectivity index (χ3v) is 2.17. The Bertz CT molecular complexity index is 476. The number of nitrogens with two attached hydrogens (primary N) is 1. The van der Waals surface area contributed by atoms with Gasteiger partial charge in [-0.3, -0.25) is 10.1 Å². The SMILES string of the molecule is N[C@H](CC(F)(F)F)c1cc(O)c(O)c([N+](=O)[O-])c1. The lowest BCUT2D eigenvalue weighted by molar-refractivity contribution is -0.386. The van der Waals surface area contributed by atoms with Crippen LogP contribution in [0.3, 0.4) is 0 Å². The molecule has 0 fully saturated rings. The highest BCUT2D eigenvalue weighted by atomic mass is 19.4. The largest absolute Gasteiger partial charge is 0.504 e. The minimum absolute atomic E-state index is 0.283. The molecule has 0 spiro atoms. The Kier molecular flexibility index (Phi) is 3.65. The maximum Gasteiger partial charge on any atom is 0.390 e. The Balaban J connectivity index is 3.15. The highest BCUT2D eigenvalue weighted by Gasteiger charge is 2.32. The predicted octanol–water partition coefficient (Wildman–Crippen LogP) is 1.96. The summed E-state index contributed by atoms with van der Waals surface area (Å²) in [6.07, 6.45) is -5.93. The molecule has 1 atom stereocenters. The quantitative estimate of drug-likeness (QED) is 0.440. The number of nitro benzene ring substituents is 1. The van der Waals surface area contributed by atoms with E-state index >= 15 is 0 Å². The maximum absolute atomic E-state index is 12.1. The smallest absolute Gasteiger partial charge is 0.390 e. The van der Waals surface area contributed by atoms with Crippen LogP contribution in [0.5, 0.6) is 11.5 Å². The Labute approximate surface area is 98.6 Å². The number of hydrogen-bond acceptors (Lipinski definition) is 5. The van der Waals surface area contributed by atoms with Gasteiger partial charge in [0, 0.05) is 12.1 Å². The molecule has 18 heavy (non-hydrogen) atoms. The maximum atomic E-state index is 12.1. The van der Waals surface area contributed by atoms with Crippen LogP contribution in [0.15, 0.2) is 12.1 Å². The minimum Gasteiger partial charge on any atom is -0.504 e. The molecule has 0 aromatic heterocycles. The molecule has 6 nitrogen and oxygen atoms in total. The summed E-state index contributed by atoms with van der Waals surface area (Å²) < 4.78 is 36.3. The standard InChI is InChI=1S/C9H9F3N2O4/c10-9(11,12)3-5(13)4-1-6(14(17)18)8(16)7(15)2-4/h1-2,5,15-16H,3,13H2/t5-/m1/s1. The van der Waals surface area contributed by atoms with E-state index in [-0.39, 0.29) is 5.56 Å². The number of nitro groups is 1. The Morgan fingerprint density at radius 1 is 1.39 bits per heavy atom.